The highest BCUT2D eigenvalue weighted by atomic mass is 35.5. The second-order valence-corrected chi connectivity index (χ2v) is 11.7. The lowest BCUT2D eigenvalue weighted by Gasteiger charge is -2.26. The normalized spacial score (nSPS) is 12.8. The molecule has 0 radical (unpaired) electrons. The fourth-order valence-corrected chi connectivity index (χ4v) is 4.48. The SMILES string of the molecule is CCCCCCCC/C=C\CCCCCCCC(=O)OC(CNC(C)(C)C)c1cc(Cl)c(N)c(Cl)c1. The molecule has 0 aliphatic carbocycles. The molecule has 0 saturated carbocycles. The van der Waals surface area contributed by atoms with Crippen molar-refractivity contribution in [2.75, 3.05) is 12.3 Å². The van der Waals surface area contributed by atoms with Gasteiger partial charge in [-0.1, -0.05) is 93.6 Å². The molecule has 36 heavy (non-hydrogen) atoms. The molecule has 1 aromatic carbocycles. The van der Waals surface area contributed by atoms with E-state index in [1.807, 2.05) is 0 Å². The van der Waals surface area contributed by atoms with Crippen LogP contribution in [0.3, 0.4) is 0 Å². The monoisotopic (exact) mass is 540 g/mol. The maximum Gasteiger partial charge on any atom is 0.306 e. The number of hydrogen-bond donors (Lipinski definition) is 2. The van der Waals surface area contributed by atoms with Crippen LogP contribution >= 0.6 is 23.2 Å². The molecule has 1 aromatic rings. The van der Waals surface area contributed by atoms with E-state index >= 15 is 0 Å². The Kier molecular flexibility index (Phi) is 17.2. The average molecular weight is 542 g/mol. The number of esters is 1. The maximum atomic E-state index is 12.6. The van der Waals surface area contributed by atoms with Crippen molar-refractivity contribution in [2.24, 2.45) is 0 Å². The van der Waals surface area contributed by atoms with Gasteiger partial charge >= 0.3 is 5.97 Å². The Balaban J connectivity index is 2.27. The van der Waals surface area contributed by atoms with Crippen LogP contribution in [0.2, 0.25) is 10.0 Å². The Morgan fingerprint density at radius 1 is 0.917 bits per heavy atom. The van der Waals surface area contributed by atoms with Gasteiger partial charge in [-0.25, -0.2) is 0 Å². The van der Waals surface area contributed by atoms with E-state index < -0.39 is 6.10 Å². The van der Waals surface area contributed by atoms with Crippen molar-refractivity contribution in [1.82, 2.24) is 5.32 Å². The molecule has 0 spiro atoms. The van der Waals surface area contributed by atoms with E-state index in [2.05, 4.69) is 45.2 Å². The molecule has 4 nitrogen and oxygen atoms in total. The minimum absolute atomic E-state index is 0.116. The first-order valence-corrected chi connectivity index (χ1v) is 14.7. The lowest BCUT2D eigenvalue weighted by Crippen LogP contribution is -2.39. The summed E-state index contributed by atoms with van der Waals surface area (Å²) in [6, 6.07) is 3.46. The van der Waals surface area contributed by atoms with Crippen molar-refractivity contribution in [3.05, 3.63) is 39.9 Å². The first-order chi connectivity index (χ1) is 17.1. The lowest BCUT2D eigenvalue weighted by atomic mass is 10.1. The summed E-state index contributed by atoms with van der Waals surface area (Å²) in [5.41, 5.74) is 6.84. The van der Waals surface area contributed by atoms with E-state index in [4.69, 9.17) is 33.7 Å². The molecule has 0 aliphatic rings. The summed E-state index contributed by atoms with van der Waals surface area (Å²) in [6.45, 7) is 8.94. The molecule has 6 heteroatoms. The van der Waals surface area contributed by atoms with Gasteiger partial charge in [-0.3, -0.25) is 4.79 Å². The van der Waals surface area contributed by atoms with E-state index in [1.165, 1.54) is 57.8 Å². The Hall–Kier alpha value is -1.23. The van der Waals surface area contributed by atoms with E-state index in [-0.39, 0.29) is 11.5 Å². The smallest absolute Gasteiger partial charge is 0.306 e. The molecule has 0 aromatic heterocycles. The van der Waals surface area contributed by atoms with E-state index in [0.717, 1.165) is 31.2 Å². The van der Waals surface area contributed by atoms with Gasteiger partial charge in [-0.2, -0.15) is 0 Å². The molecule has 0 amide bonds. The Labute approximate surface area is 230 Å². The van der Waals surface area contributed by atoms with Gasteiger partial charge in [0.05, 0.1) is 15.7 Å². The molecule has 0 aliphatic heterocycles. The number of unbranched alkanes of at least 4 members (excludes halogenated alkanes) is 11. The van der Waals surface area contributed by atoms with Gasteiger partial charge in [0.1, 0.15) is 6.10 Å². The molecule has 206 valence electrons. The van der Waals surface area contributed by atoms with Crippen LogP contribution in [0.5, 0.6) is 0 Å². The van der Waals surface area contributed by atoms with E-state index in [1.54, 1.807) is 12.1 Å². The topological polar surface area (TPSA) is 64.3 Å². The van der Waals surface area contributed by atoms with Gasteiger partial charge in [0.25, 0.3) is 0 Å². The molecule has 1 rings (SSSR count). The van der Waals surface area contributed by atoms with Crippen LogP contribution in [-0.4, -0.2) is 18.1 Å². The number of allylic oxidation sites excluding steroid dienone is 2. The summed E-state index contributed by atoms with van der Waals surface area (Å²) in [7, 11) is 0. The van der Waals surface area contributed by atoms with Gasteiger partial charge in [-0.05, 0) is 70.6 Å². The van der Waals surface area contributed by atoms with Crippen LogP contribution in [0, 0.1) is 0 Å². The molecule has 1 unspecified atom stereocenters. The van der Waals surface area contributed by atoms with E-state index in [9.17, 15) is 4.79 Å². The number of nitrogen functional groups attached to an aromatic ring is 1. The van der Waals surface area contributed by atoms with Crippen LogP contribution in [0.1, 0.15) is 129 Å². The standard InChI is InChI=1S/C30H50Cl2N2O2/c1-5-6-7-8-9-10-11-12-13-14-15-16-17-18-19-20-28(35)36-27(23-34-30(2,3)4)24-21-25(31)29(33)26(32)22-24/h12-13,21-22,27,34H,5-11,14-20,23,33H2,1-4H3/b13-12-. The van der Waals surface area contributed by atoms with Crippen LogP contribution in [0.15, 0.2) is 24.3 Å². The summed E-state index contributed by atoms with van der Waals surface area (Å²) < 4.78 is 5.83. The summed E-state index contributed by atoms with van der Waals surface area (Å²) in [5.74, 6) is -0.197. The fourth-order valence-electron chi connectivity index (χ4n) is 3.97. The summed E-state index contributed by atoms with van der Waals surface area (Å²) >= 11 is 12.4. The minimum Gasteiger partial charge on any atom is -0.456 e. The van der Waals surface area contributed by atoms with Crippen LogP contribution in [0.25, 0.3) is 0 Å². The summed E-state index contributed by atoms with van der Waals surface area (Å²) in [6.07, 6.45) is 20.6. The zero-order valence-electron chi connectivity index (χ0n) is 23.1. The number of nitrogens with two attached hydrogens (primary N) is 1. The fraction of sp³-hybridized carbons (Fsp3) is 0.700. The molecule has 3 N–H and O–H groups in total. The van der Waals surface area contributed by atoms with Crippen molar-refractivity contribution < 1.29 is 9.53 Å². The first-order valence-electron chi connectivity index (χ1n) is 14.0. The summed E-state index contributed by atoms with van der Waals surface area (Å²) in [5, 5.41) is 4.14. The number of hydrogen-bond acceptors (Lipinski definition) is 4. The summed E-state index contributed by atoms with van der Waals surface area (Å²) in [4.78, 5) is 12.6. The number of benzene rings is 1. The molecule has 0 bridgehead atoms. The lowest BCUT2D eigenvalue weighted by molar-refractivity contribution is -0.149. The van der Waals surface area contributed by atoms with Crippen LogP contribution in [-0.2, 0) is 9.53 Å². The van der Waals surface area contributed by atoms with Gasteiger partial charge in [-0.15, -0.1) is 0 Å². The molecule has 0 fully saturated rings. The number of carbonyl (C=O) groups excluding carboxylic acids is 1. The van der Waals surface area contributed by atoms with Gasteiger partial charge in [0, 0.05) is 18.5 Å². The number of halogens is 2. The minimum atomic E-state index is -0.476. The predicted molar refractivity (Wildman–Crippen MR) is 157 cm³/mol. The van der Waals surface area contributed by atoms with Crippen LogP contribution in [0.4, 0.5) is 5.69 Å². The van der Waals surface area contributed by atoms with Gasteiger partial charge < -0.3 is 15.8 Å². The third kappa shape index (κ3) is 15.8. The first kappa shape index (κ1) is 32.8. The third-order valence-corrected chi connectivity index (χ3v) is 6.83. The highest BCUT2D eigenvalue weighted by Gasteiger charge is 2.21. The highest BCUT2D eigenvalue weighted by Crippen LogP contribution is 2.32. The van der Waals surface area contributed by atoms with E-state index in [0.29, 0.717) is 28.7 Å². The van der Waals surface area contributed by atoms with Crippen molar-refractivity contribution in [3.8, 4) is 0 Å². The zero-order valence-corrected chi connectivity index (χ0v) is 24.7. The quantitative estimate of drug-likeness (QED) is 0.0792. The number of carbonyl (C=O) groups is 1. The predicted octanol–water partition coefficient (Wildman–Crippen LogP) is 9.59. The third-order valence-electron chi connectivity index (χ3n) is 6.21. The Bertz CT molecular complexity index is 752. The number of ether oxygens (including phenoxy) is 1. The number of rotatable bonds is 19. The highest BCUT2D eigenvalue weighted by molar-refractivity contribution is 6.38. The number of nitrogens with one attached hydrogen (secondary N) is 1. The maximum absolute atomic E-state index is 12.6. The molecule has 0 saturated heterocycles. The second-order valence-electron chi connectivity index (χ2n) is 10.8. The largest absolute Gasteiger partial charge is 0.456 e. The van der Waals surface area contributed by atoms with Crippen molar-refractivity contribution in [1.29, 1.82) is 0 Å². The van der Waals surface area contributed by atoms with Gasteiger partial charge in [0.2, 0.25) is 0 Å². The average Bonchev–Trinajstić information content (AvgIpc) is 2.81. The molecular formula is C30H50Cl2N2O2. The van der Waals surface area contributed by atoms with Crippen molar-refractivity contribution in [2.45, 2.75) is 129 Å². The Morgan fingerprint density at radius 3 is 1.94 bits per heavy atom. The van der Waals surface area contributed by atoms with Crippen molar-refractivity contribution in [3.63, 3.8) is 0 Å². The Morgan fingerprint density at radius 2 is 1.42 bits per heavy atom. The van der Waals surface area contributed by atoms with Crippen LogP contribution < -0.4 is 11.1 Å². The number of anilines is 1. The van der Waals surface area contributed by atoms with Gasteiger partial charge in [0.15, 0.2) is 0 Å². The molecule has 1 atom stereocenters. The van der Waals surface area contributed by atoms with Crippen molar-refractivity contribution >= 4 is 34.9 Å². The second kappa shape index (κ2) is 18.9. The molecule has 0 heterocycles. The zero-order chi connectivity index (χ0) is 26.8. The molecular weight excluding hydrogens is 491 g/mol.